The minimum atomic E-state index is -0.269. The van der Waals surface area contributed by atoms with Crippen molar-refractivity contribution in [1.82, 2.24) is 10.2 Å². The Morgan fingerprint density at radius 1 is 1.28 bits per heavy atom. The molecule has 2 N–H and O–H groups in total. The van der Waals surface area contributed by atoms with Crippen LogP contribution in [0.25, 0.3) is 0 Å². The van der Waals surface area contributed by atoms with Crippen LogP contribution in [0, 0.1) is 0 Å². The molecule has 25 heavy (non-hydrogen) atoms. The lowest BCUT2D eigenvalue weighted by Crippen LogP contribution is -3.19. The van der Waals surface area contributed by atoms with Crippen molar-refractivity contribution < 1.29 is 24.0 Å². The quantitative estimate of drug-likeness (QED) is 0.761. The van der Waals surface area contributed by atoms with Gasteiger partial charge in [-0.1, -0.05) is 18.2 Å². The van der Waals surface area contributed by atoms with Crippen LogP contribution in [0.15, 0.2) is 24.3 Å². The lowest BCUT2D eigenvalue weighted by molar-refractivity contribution is -0.918. The van der Waals surface area contributed by atoms with Crippen LogP contribution < -0.4 is 15.0 Å². The van der Waals surface area contributed by atoms with Crippen molar-refractivity contribution in [3.8, 4) is 5.75 Å². The zero-order chi connectivity index (χ0) is 18.2. The third kappa shape index (κ3) is 5.09. The smallest absolute Gasteiger partial charge is 0.410 e. The summed E-state index contributed by atoms with van der Waals surface area (Å²) in [5, 5.41) is 2.98. The predicted molar refractivity (Wildman–Crippen MR) is 93.6 cm³/mol. The second-order valence-electron chi connectivity index (χ2n) is 6.10. The van der Waals surface area contributed by atoms with Crippen molar-refractivity contribution in [3.63, 3.8) is 0 Å². The summed E-state index contributed by atoms with van der Waals surface area (Å²) < 4.78 is 10.3. The number of nitrogens with one attached hydrogen (secondary N) is 2. The molecule has 1 aliphatic rings. The first-order valence-corrected chi connectivity index (χ1v) is 8.72. The van der Waals surface area contributed by atoms with Crippen molar-refractivity contribution in [2.24, 2.45) is 0 Å². The summed E-state index contributed by atoms with van der Waals surface area (Å²) in [5.74, 6) is 0.774. The maximum atomic E-state index is 12.5. The fraction of sp³-hybridized carbons (Fsp3) is 0.556. The molecule has 2 amide bonds. The molecule has 7 heteroatoms. The molecule has 1 aliphatic heterocycles. The molecule has 0 aromatic heterocycles. The van der Waals surface area contributed by atoms with E-state index in [9.17, 15) is 9.59 Å². The Hall–Kier alpha value is -2.28. The highest BCUT2D eigenvalue weighted by Crippen LogP contribution is 2.16. The number of methoxy groups -OCH3 is 1. The number of carbonyl (C=O) groups is 2. The molecule has 1 atom stereocenters. The molecule has 0 saturated carbocycles. The topological polar surface area (TPSA) is 72.3 Å². The Balaban J connectivity index is 1.81. The number of piperazine rings is 1. The van der Waals surface area contributed by atoms with E-state index in [1.807, 2.05) is 31.2 Å². The number of amides is 2. The number of nitrogens with zero attached hydrogens (tertiary/aromatic N) is 1. The molecule has 7 nitrogen and oxygen atoms in total. The highest BCUT2D eigenvalue weighted by atomic mass is 16.6. The number of hydrogen-bond donors (Lipinski definition) is 2. The molecule has 0 spiro atoms. The van der Waals surface area contributed by atoms with Crippen LogP contribution in [0.5, 0.6) is 5.75 Å². The minimum absolute atomic E-state index is 0.00508. The van der Waals surface area contributed by atoms with Gasteiger partial charge in [-0.25, -0.2) is 4.79 Å². The molecule has 0 radical (unpaired) electrons. The zero-order valence-electron chi connectivity index (χ0n) is 15.2. The van der Waals surface area contributed by atoms with Gasteiger partial charge >= 0.3 is 6.09 Å². The second kappa shape index (κ2) is 9.27. The Morgan fingerprint density at radius 2 is 1.96 bits per heavy atom. The SMILES string of the molecule is CCOC(=O)N1CC[NH+]([C@@H](C)C(=O)NCc2ccccc2OC)CC1. The summed E-state index contributed by atoms with van der Waals surface area (Å²) in [7, 11) is 1.62. The molecule has 0 unspecified atom stereocenters. The highest BCUT2D eigenvalue weighted by Gasteiger charge is 2.31. The molecule has 2 rings (SSSR count). The average Bonchev–Trinajstić information content (AvgIpc) is 2.66. The summed E-state index contributed by atoms with van der Waals surface area (Å²) in [4.78, 5) is 27.1. The van der Waals surface area contributed by atoms with Gasteiger partial charge in [0.05, 0.1) is 39.9 Å². The maximum absolute atomic E-state index is 12.5. The molecular weight excluding hydrogens is 322 g/mol. The first kappa shape index (κ1) is 19.1. The molecular formula is C18H28N3O4+. The predicted octanol–water partition coefficient (Wildman–Crippen LogP) is 0.0569. The van der Waals surface area contributed by atoms with Gasteiger partial charge in [-0.2, -0.15) is 0 Å². The van der Waals surface area contributed by atoms with E-state index in [2.05, 4.69) is 5.32 Å². The zero-order valence-corrected chi connectivity index (χ0v) is 15.2. The first-order chi connectivity index (χ1) is 12.1. The van der Waals surface area contributed by atoms with E-state index in [1.165, 1.54) is 4.90 Å². The number of rotatable bonds is 6. The van der Waals surface area contributed by atoms with E-state index in [4.69, 9.17) is 9.47 Å². The van der Waals surface area contributed by atoms with E-state index in [1.54, 1.807) is 18.9 Å². The lowest BCUT2D eigenvalue weighted by Gasteiger charge is -2.34. The number of hydrogen-bond acceptors (Lipinski definition) is 4. The number of benzene rings is 1. The number of carbonyl (C=O) groups excluding carboxylic acids is 2. The second-order valence-corrected chi connectivity index (χ2v) is 6.10. The third-order valence-corrected chi connectivity index (χ3v) is 4.58. The van der Waals surface area contributed by atoms with Crippen molar-refractivity contribution >= 4 is 12.0 Å². The van der Waals surface area contributed by atoms with Crippen molar-refractivity contribution in [1.29, 1.82) is 0 Å². The van der Waals surface area contributed by atoms with Gasteiger partial charge in [0.1, 0.15) is 5.75 Å². The van der Waals surface area contributed by atoms with Gasteiger partial charge in [0.2, 0.25) is 0 Å². The standard InChI is InChI=1S/C18H27N3O4/c1-4-25-18(23)21-11-9-20(10-12-21)14(2)17(22)19-13-15-7-5-6-8-16(15)24-3/h5-8,14H,4,9-13H2,1-3H3,(H,19,22)/p+1/t14-/m0/s1. The summed E-state index contributed by atoms with van der Waals surface area (Å²) in [5.41, 5.74) is 0.952. The highest BCUT2D eigenvalue weighted by molar-refractivity contribution is 5.80. The molecule has 1 fully saturated rings. The molecule has 0 aliphatic carbocycles. The van der Waals surface area contributed by atoms with Crippen molar-refractivity contribution in [2.75, 3.05) is 39.9 Å². The largest absolute Gasteiger partial charge is 0.496 e. The van der Waals surface area contributed by atoms with Crippen LogP contribution in [0.4, 0.5) is 4.79 Å². The number of ether oxygens (including phenoxy) is 2. The van der Waals surface area contributed by atoms with Crippen molar-refractivity contribution in [2.45, 2.75) is 26.4 Å². The van der Waals surface area contributed by atoms with Crippen LogP contribution in [-0.2, 0) is 16.1 Å². The van der Waals surface area contributed by atoms with Gasteiger partial charge in [0.15, 0.2) is 6.04 Å². The first-order valence-electron chi connectivity index (χ1n) is 8.72. The van der Waals surface area contributed by atoms with E-state index in [0.717, 1.165) is 24.4 Å². The monoisotopic (exact) mass is 350 g/mol. The summed E-state index contributed by atoms with van der Waals surface area (Å²) in [6, 6.07) is 7.48. The van der Waals surface area contributed by atoms with Gasteiger partial charge in [0, 0.05) is 12.1 Å². The fourth-order valence-electron chi connectivity index (χ4n) is 2.99. The van der Waals surface area contributed by atoms with E-state index >= 15 is 0 Å². The van der Waals surface area contributed by atoms with Crippen LogP contribution in [0.3, 0.4) is 0 Å². The fourth-order valence-corrected chi connectivity index (χ4v) is 2.99. The minimum Gasteiger partial charge on any atom is -0.496 e. The molecule has 0 bridgehead atoms. The van der Waals surface area contributed by atoms with Crippen LogP contribution >= 0.6 is 0 Å². The average molecular weight is 350 g/mol. The van der Waals surface area contributed by atoms with E-state index in [0.29, 0.717) is 26.2 Å². The van der Waals surface area contributed by atoms with Crippen LogP contribution in [-0.4, -0.2) is 62.8 Å². The van der Waals surface area contributed by atoms with E-state index in [-0.39, 0.29) is 18.0 Å². The van der Waals surface area contributed by atoms with Gasteiger partial charge in [-0.05, 0) is 19.9 Å². The Kier molecular flexibility index (Phi) is 7.06. The van der Waals surface area contributed by atoms with Gasteiger partial charge in [0.25, 0.3) is 5.91 Å². The third-order valence-electron chi connectivity index (χ3n) is 4.58. The van der Waals surface area contributed by atoms with E-state index < -0.39 is 0 Å². The Bertz CT molecular complexity index is 585. The molecule has 138 valence electrons. The van der Waals surface area contributed by atoms with Gasteiger partial charge in [-0.15, -0.1) is 0 Å². The summed E-state index contributed by atoms with van der Waals surface area (Å²) in [6.45, 7) is 7.24. The summed E-state index contributed by atoms with van der Waals surface area (Å²) >= 11 is 0. The van der Waals surface area contributed by atoms with Crippen LogP contribution in [0.1, 0.15) is 19.4 Å². The van der Waals surface area contributed by atoms with Crippen LogP contribution in [0.2, 0.25) is 0 Å². The Labute approximate surface area is 148 Å². The van der Waals surface area contributed by atoms with Crippen molar-refractivity contribution in [3.05, 3.63) is 29.8 Å². The maximum Gasteiger partial charge on any atom is 0.410 e. The van der Waals surface area contributed by atoms with Gasteiger partial charge < -0.3 is 19.7 Å². The number of quaternary nitrogens is 1. The molecule has 1 aromatic rings. The lowest BCUT2D eigenvalue weighted by atomic mass is 10.2. The molecule has 1 aromatic carbocycles. The molecule has 1 heterocycles. The molecule has 1 saturated heterocycles. The van der Waals surface area contributed by atoms with Gasteiger partial charge in [-0.3, -0.25) is 9.69 Å². The normalized spacial score (nSPS) is 16.2. The Morgan fingerprint density at radius 3 is 2.60 bits per heavy atom. The number of para-hydroxylation sites is 1. The summed E-state index contributed by atoms with van der Waals surface area (Å²) in [6.07, 6.45) is -0.269.